The zero-order valence-corrected chi connectivity index (χ0v) is 10.5. The van der Waals surface area contributed by atoms with Crippen molar-refractivity contribution in [2.24, 2.45) is 10.9 Å². The zero-order chi connectivity index (χ0) is 13.2. The molecule has 1 heterocycles. The van der Waals surface area contributed by atoms with E-state index in [0.717, 1.165) is 6.42 Å². The Bertz CT molecular complexity index is 632. The van der Waals surface area contributed by atoms with E-state index in [1.807, 2.05) is 0 Å². The van der Waals surface area contributed by atoms with Crippen LogP contribution in [0.5, 0.6) is 0 Å². The van der Waals surface area contributed by atoms with Crippen LogP contribution in [0.1, 0.15) is 28.9 Å². The maximum Gasteiger partial charge on any atom is 0.219 e. The van der Waals surface area contributed by atoms with Crippen LogP contribution >= 0.6 is 0 Å². The number of nitrogens with zero attached hydrogens (tertiary/aromatic N) is 4. The first-order chi connectivity index (χ1) is 9.26. The molecule has 1 aromatic heterocycles. The summed E-state index contributed by atoms with van der Waals surface area (Å²) >= 11 is 0. The molecule has 6 heteroatoms. The average Bonchev–Trinajstić information content (AvgIpc) is 3.06. The summed E-state index contributed by atoms with van der Waals surface area (Å²) in [5.74, 6) is 0.163. The van der Waals surface area contributed by atoms with Crippen LogP contribution in [-0.2, 0) is 19.4 Å². The fourth-order valence-corrected chi connectivity index (χ4v) is 2.44. The zero-order valence-electron chi connectivity index (χ0n) is 10.5. The van der Waals surface area contributed by atoms with Gasteiger partial charge in [0.1, 0.15) is 6.33 Å². The Kier molecular flexibility index (Phi) is 2.91. The van der Waals surface area contributed by atoms with Crippen LogP contribution < -0.4 is 5.73 Å². The molecule has 0 fully saturated rings. The average molecular weight is 257 g/mol. The van der Waals surface area contributed by atoms with Crippen LogP contribution in [0.4, 0.5) is 0 Å². The van der Waals surface area contributed by atoms with Crippen LogP contribution in [0.2, 0.25) is 0 Å². The Hall–Kier alpha value is -2.37. The Balaban J connectivity index is 1.80. The van der Waals surface area contributed by atoms with Crippen molar-refractivity contribution in [1.82, 2.24) is 14.8 Å². The number of fused-ring (bicyclic) bond motifs is 1. The summed E-state index contributed by atoms with van der Waals surface area (Å²) in [4.78, 5) is 3.99. The third-order valence-electron chi connectivity index (χ3n) is 3.38. The molecule has 0 amide bonds. The number of amidine groups is 1. The van der Waals surface area contributed by atoms with E-state index in [9.17, 15) is 0 Å². The molecule has 3 N–H and O–H groups in total. The monoisotopic (exact) mass is 257 g/mol. The number of oxime groups is 1. The van der Waals surface area contributed by atoms with Gasteiger partial charge in [-0.1, -0.05) is 23.4 Å². The number of nitrogens with two attached hydrogens (primary N) is 1. The fraction of sp³-hybridized carbons (Fsp3) is 0.308. The molecule has 1 aliphatic rings. The van der Waals surface area contributed by atoms with Crippen molar-refractivity contribution in [3.63, 3.8) is 0 Å². The molecule has 0 saturated carbocycles. The molecule has 2 aromatic rings. The van der Waals surface area contributed by atoms with Crippen LogP contribution in [0.3, 0.4) is 0 Å². The van der Waals surface area contributed by atoms with Crippen molar-refractivity contribution in [2.45, 2.75) is 25.8 Å². The molecule has 3 rings (SSSR count). The van der Waals surface area contributed by atoms with Crippen molar-refractivity contribution >= 4 is 5.84 Å². The predicted octanol–water partition coefficient (Wildman–Crippen LogP) is 0.910. The number of aryl methyl sites for hydroxylation is 2. The topological polar surface area (TPSA) is 89.3 Å². The summed E-state index contributed by atoms with van der Waals surface area (Å²) in [7, 11) is 0. The highest BCUT2D eigenvalue weighted by Crippen LogP contribution is 2.23. The third kappa shape index (κ3) is 2.29. The van der Waals surface area contributed by atoms with E-state index in [-0.39, 0.29) is 11.7 Å². The van der Waals surface area contributed by atoms with Gasteiger partial charge in [0.15, 0.2) is 0 Å². The third-order valence-corrected chi connectivity index (χ3v) is 3.38. The summed E-state index contributed by atoms with van der Waals surface area (Å²) in [6.07, 6.45) is 5.18. The Morgan fingerprint density at radius 1 is 1.37 bits per heavy atom. The lowest BCUT2D eigenvalue weighted by Crippen LogP contribution is -2.15. The standard InChI is InChI=1S/C13H15N5O/c14-12(17-19)13-15-8-18(16-13)7-9-4-5-10-2-1-3-11(10)6-9/h4-6,8,19H,1-3,7H2,(H2,14,17). The van der Waals surface area contributed by atoms with Gasteiger partial charge >= 0.3 is 0 Å². The predicted molar refractivity (Wildman–Crippen MR) is 70.1 cm³/mol. The van der Waals surface area contributed by atoms with E-state index >= 15 is 0 Å². The highest BCUT2D eigenvalue weighted by atomic mass is 16.4. The summed E-state index contributed by atoms with van der Waals surface area (Å²) in [5, 5.41) is 15.6. The lowest BCUT2D eigenvalue weighted by Gasteiger charge is -2.04. The Labute approximate surface area is 110 Å². The molecule has 0 radical (unpaired) electrons. The maximum absolute atomic E-state index is 8.57. The molecular formula is C13H15N5O. The van der Waals surface area contributed by atoms with Gasteiger partial charge < -0.3 is 10.9 Å². The van der Waals surface area contributed by atoms with Gasteiger partial charge in [-0.15, -0.1) is 5.10 Å². The molecular weight excluding hydrogens is 242 g/mol. The second-order valence-electron chi connectivity index (χ2n) is 4.71. The van der Waals surface area contributed by atoms with Crippen LogP contribution in [0.15, 0.2) is 29.7 Å². The summed E-state index contributed by atoms with van der Waals surface area (Å²) in [6.45, 7) is 0.638. The molecule has 98 valence electrons. The smallest absolute Gasteiger partial charge is 0.219 e. The first-order valence-electron chi connectivity index (χ1n) is 6.24. The van der Waals surface area contributed by atoms with Crippen molar-refractivity contribution in [3.05, 3.63) is 47.0 Å². The second kappa shape index (κ2) is 4.72. The number of aromatic nitrogens is 3. The first-order valence-corrected chi connectivity index (χ1v) is 6.24. The highest BCUT2D eigenvalue weighted by molar-refractivity contribution is 5.93. The fourth-order valence-electron chi connectivity index (χ4n) is 2.44. The van der Waals surface area contributed by atoms with Crippen molar-refractivity contribution in [3.8, 4) is 0 Å². The van der Waals surface area contributed by atoms with E-state index in [1.165, 1.54) is 29.5 Å². The van der Waals surface area contributed by atoms with E-state index in [4.69, 9.17) is 10.9 Å². The molecule has 0 unspecified atom stereocenters. The van der Waals surface area contributed by atoms with Crippen molar-refractivity contribution < 1.29 is 5.21 Å². The molecule has 0 bridgehead atoms. The Morgan fingerprint density at radius 2 is 2.21 bits per heavy atom. The number of hydrogen-bond donors (Lipinski definition) is 2. The molecule has 0 spiro atoms. The first kappa shape index (κ1) is 11.7. The van der Waals surface area contributed by atoms with Gasteiger partial charge in [-0.3, -0.25) is 0 Å². The van der Waals surface area contributed by atoms with Crippen LogP contribution in [0, 0.1) is 0 Å². The maximum atomic E-state index is 8.57. The minimum absolute atomic E-state index is 0.0762. The van der Waals surface area contributed by atoms with Gasteiger partial charge in [-0.2, -0.15) is 0 Å². The van der Waals surface area contributed by atoms with Crippen LogP contribution in [0.25, 0.3) is 0 Å². The highest BCUT2D eigenvalue weighted by Gasteiger charge is 2.11. The second-order valence-corrected chi connectivity index (χ2v) is 4.71. The SMILES string of the molecule is NC(=NO)c1ncn(Cc2ccc3c(c2)CCC3)n1. The molecule has 1 aromatic carbocycles. The van der Waals surface area contributed by atoms with E-state index in [0.29, 0.717) is 6.54 Å². The minimum Gasteiger partial charge on any atom is -0.409 e. The molecule has 1 aliphatic carbocycles. The number of benzene rings is 1. The van der Waals surface area contributed by atoms with Gasteiger partial charge in [-0.05, 0) is 36.0 Å². The lowest BCUT2D eigenvalue weighted by atomic mass is 10.1. The van der Waals surface area contributed by atoms with E-state index in [1.54, 1.807) is 11.0 Å². The lowest BCUT2D eigenvalue weighted by molar-refractivity contribution is 0.318. The van der Waals surface area contributed by atoms with Gasteiger partial charge in [0.05, 0.1) is 6.54 Å². The number of rotatable bonds is 3. The van der Waals surface area contributed by atoms with Crippen LogP contribution in [-0.4, -0.2) is 25.8 Å². The largest absolute Gasteiger partial charge is 0.409 e. The number of hydrogen-bond acceptors (Lipinski definition) is 4. The molecule has 0 saturated heterocycles. The van der Waals surface area contributed by atoms with Gasteiger partial charge in [0.2, 0.25) is 11.7 Å². The minimum atomic E-state index is -0.0762. The summed E-state index contributed by atoms with van der Waals surface area (Å²) in [6, 6.07) is 6.54. The van der Waals surface area contributed by atoms with Gasteiger partial charge in [0, 0.05) is 0 Å². The van der Waals surface area contributed by atoms with Crippen molar-refractivity contribution in [2.75, 3.05) is 0 Å². The van der Waals surface area contributed by atoms with Gasteiger partial charge in [-0.25, -0.2) is 9.67 Å². The molecule has 0 atom stereocenters. The normalized spacial score (nSPS) is 14.6. The molecule has 19 heavy (non-hydrogen) atoms. The molecule has 6 nitrogen and oxygen atoms in total. The van der Waals surface area contributed by atoms with E-state index in [2.05, 4.69) is 33.4 Å². The quantitative estimate of drug-likeness (QED) is 0.370. The summed E-state index contributed by atoms with van der Waals surface area (Å²) in [5.41, 5.74) is 9.52. The van der Waals surface area contributed by atoms with Gasteiger partial charge in [0.25, 0.3) is 0 Å². The molecule has 0 aliphatic heterocycles. The Morgan fingerprint density at radius 3 is 3.05 bits per heavy atom. The van der Waals surface area contributed by atoms with E-state index < -0.39 is 0 Å². The van der Waals surface area contributed by atoms with Crippen molar-refractivity contribution in [1.29, 1.82) is 0 Å². The summed E-state index contributed by atoms with van der Waals surface area (Å²) < 4.78 is 1.68.